The first-order valence-corrected chi connectivity index (χ1v) is 3.51. The van der Waals surface area contributed by atoms with Crippen LogP contribution >= 0.6 is 11.6 Å². The third-order valence-electron chi connectivity index (χ3n) is 1.21. The molecule has 4 nitrogen and oxygen atoms in total. The molecule has 0 aliphatic carbocycles. The van der Waals surface area contributed by atoms with Crippen molar-refractivity contribution in [2.45, 2.75) is 18.5 Å². The first kappa shape index (κ1) is 7.78. The molecule has 1 rings (SSSR count). The summed E-state index contributed by atoms with van der Waals surface area (Å²) >= 11 is 5.57. The maximum absolute atomic E-state index is 10.8. The van der Waals surface area contributed by atoms with Crippen LogP contribution in [0.25, 0.3) is 0 Å². The Labute approximate surface area is 63.8 Å². The molecule has 1 aliphatic rings. The van der Waals surface area contributed by atoms with Gasteiger partial charge in [-0.2, -0.15) is 0 Å². The summed E-state index contributed by atoms with van der Waals surface area (Å²) in [6, 6.07) is -0.387. The summed E-state index contributed by atoms with van der Waals surface area (Å²) < 4.78 is 4.69. The van der Waals surface area contributed by atoms with Crippen LogP contribution in [0.1, 0.15) is 6.92 Å². The molecule has 1 unspecified atom stereocenters. The first-order valence-electron chi connectivity index (χ1n) is 3.07. The number of rotatable bonds is 2. The Kier molecular flexibility index (Phi) is 2.48. The summed E-state index contributed by atoms with van der Waals surface area (Å²) in [4.78, 5) is 10.8. The number of carbonyl (C=O) groups excluding carboxylic acids is 1. The molecule has 1 aliphatic heterocycles. The highest BCUT2D eigenvalue weighted by Crippen LogP contribution is 2.07. The predicted molar refractivity (Wildman–Crippen MR) is 36.3 cm³/mol. The summed E-state index contributed by atoms with van der Waals surface area (Å²) in [5.74, 6) is -0.304. The number of ether oxygens (including phenoxy) is 1. The van der Waals surface area contributed by atoms with E-state index in [2.05, 4.69) is 10.9 Å². The predicted octanol–water partition coefficient (Wildman–Crippen LogP) is -0.409. The van der Waals surface area contributed by atoms with Crippen molar-refractivity contribution in [3.8, 4) is 0 Å². The molecule has 5 heteroatoms. The van der Waals surface area contributed by atoms with Crippen molar-refractivity contribution in [2.24, 2.45) is 0 Å². The molecule has 1 heterocycles. The number of esters is 1. The van der Waals surface area contributed by atoms with E-state index in [9.17, 15) is 4.79 Å². The summed E-state index contributed by atoms with van der Waals surface area (Å²) in [5, 5.41) is 0. The van der Waals surface area contributed by atoms with Gasteiger partial charge in [0.1, 0.15) is 11.5 Å². The number of hydrogen-bond donors (Lipinski definition) is 2. The van der Waals surface area contributed by atoms with Gasteiger partial charge in [-0.25, -0.2) is 10.9 Å². The Morgan fingerprint density at radius 3 is 2.70 bits per heavy atom. The molecule has 0 aromatic rings. The fourth-order valence-corrected chi connectivity index (χ4v) is 0.869. The Bertz CT molecular complexity index is 142. The summed E-state index contributed by atoms with van der Waals surface area (Å²) in [7, 11) is 0. The average molecular weight is 165 g/mol. The minimum Gasteiger partial charge on any atom is -0.465 e. The van der Waals surface area contributed by atoms with Crippen molar-refractivity contribution in [1.29, 1.82) is 0 Å². The molecule has 2 N–H and O–H groups in total. The van der Waals surface area contributed by atoms with Crippen LogP contribution in [-0.4, -0.2) is 24.1 Å². The van der Waals surface area contributed by atoms with Crippen LogP contribution in [0.4, 0.5) is 0 Å². The molecule has 1 fully saturated rings. The Balaban J connectivity index is 2.27. The lowest BCUT2D eigenvalue weighted by Gasteiger charge is -2.32. The second-order valence-corrected chi connectivity index (χ2v) is 2.39. The highest BCUT2D eigenvalue weighted by Gasteiger charge is 2.35. The van der Waals surface area contributed by atoms with Gasteiger partial charge in [-0.1, -0.05) is 0 Å². The number of halogens is 1. The molecule has 58 valence electrons. The Morgan fingerprint density at radius 2 is 2.40 bits per heavy atom. The fraction of sp³-hybridized carbons (Fsp3) is 0.800. The van der Waals surface area contributed by atoms with Crippen LogP contribution < -0.4 is 10.9 Å². The molecule has 10 heavy (non-hydrogen) atoms. The maximum atomic E-state index is 10.8. The number of hydrogen-bond acceptors (Lipinski definition) is 4. The van der Waals surface area contributed by atoms with Crippen molar-refractivity contribution in [1.82, 2.24) is 10.9 Å². The van der Waals surface area contributed by atoms with Gasteiger partial charge >= 0.3 is 5.97 Å². The summed E-state index contributed by atoms with van der Waals surface area (Å²) in [6.45, 7) is 2.15. The smallest absolute Gasteiger partial charge is 0.327 e. The highest BCUT2D eigenvalue weighted by atomic mass is 35.5. The zero-order valence-electron chi connectivity index (χ0n) is 5.56. The third-order valence-corrected chi connectivity index (χ3v) is 1.57. The van der Waals surface area contributed by atoms with Crippen molar-refractivity contribution in [3.05, 3.63) is 0 Å². The maximum Gasteiger partial charge on any atom is 0.327 e. The zero-order valence-corrected chi connectivity index (χ0v) is 6.31. The average Bonchev–Trinajstić information content (AvgIpc) is 1.85. The van der Waals surface area contributed by atoms with E-state index in [-0.39, 0.29) is 17.5 Å². The van der Waals surface area contributed by atoms with Crippen LogP contribution in [0.3, 0.4) is 0 Å². The molecule has 0 amide bonds. The van der Waals surface area contributed by atoms with E-state index in [1.807, 2.05) is 0 Å². The Morgan fingerprint density at radius 1 is 1.70 bits per heavy atom. The SMILES string of the molecule is CCOC(=O)[C@H]1NNC1Cl. The van der Waals surface area contributed by atoms with Gasteiger partial charge in [-0.3, -0.25) is 4.79 Å². The van der Waals surface area contributed by atoms with Gasteiger partial charge in [-0.05, 0) is 6.92 Å². The highest BCUT2D eigenvalue weighted by molar-refractivity contribution is 6.22. The lowest BCUT2D eigenvalue weighted by Crippen LogP contribution is -2.68. The monoisotopic (exact) mass is 164 g/mol. The van der Waals surface area contributed by atoms with Crippen molar-refractivity contribution < 1.29 is 9.53 Å². The minimum atomic E-state index is -0.387. The van der Waals surface area contributed by atoms with Crippen LogP contribution in [-0.2, 0) is 9.53 Å². The molecule has 0 aromatic carbocycles. The number of hydrazine groups is 1. The van der Waals surface area contributed by atoms with Crippen LogP contribution in [0.5, 0.6) is 0 Å². The van der Waals surface area contributed by atoms with Crippen LogP contribution in [0.2, 0.25) is 0 Å². The van der Waals surface area contributed by atoms with Gasteiger partial charge < -0.3 is 4.74 Å². The molecule has 0 bridgehead atoms. The molecule has 2 atom stereocenters. The van der Waals surface area contributed by atoms with Gasteiger partial charge in [0.05, 0.1) is 6.61 Å². The molecule has 0 radical (unpaired) electrons. The largest absolute Gasteiger partial charge is 0.465 e. The van der Waals surface area contributed by atoms with Crippen LogP contribution in [0, 0.1) is 0 Å². The van der Waals surface area contributed by atoms with E-state index in [1.165, 1.54) is 0 Å². The van der Waals surface area contributed by atoms with Gasteiger partial charge in [0.15, 0.2) is 0 Å². The van der Waals surface area contributed by atoms with E-state index < -0.39 is 0 Å². The van der Waals surface area contributed by atoms with E-state index in [1.54, 1.807) is 6.92 Å². The van der Waals surface area contributed by atoms with E-state index in [4.69, 9.17) is 16.3 Å². The topological polar surface area (TPSA) is 50.4 Å². The van der Waals surface area contributed by atoms with Gasteiger partial charge in [-0.15, -0.1) is 11.6 Å². The second kappa shape index (κ2) is 3.18. The van der Waals surface area contributed by atoms with Crippen LogP contribution in [0.15, 0.2) is 0 Å². The Hall–Kier alpha value is -0.320. The van der Waals surface area contributed by atoms with E-state index in [0.29, 0.717) is 6.61 Å². The molecule has 0 aromatic heterocycles. The quantitative estimate of drug-likeness (QED) is 0.331. The standard InChI is InChI=1S/C5H9ClN2O2/c1-2-10-5(9)3-4(6)8-7-3/h3-4,7-8H,2H2,1H3/t3-,4?/m0/s1. The van der Waals surface area contributed by atoms with Crippen molar-refractivity contribution in [3.63, 3.8) is 0 Å². The minimum absolute atomic E-state index is 0.304. The third kappa shape index (κ3) is 1.39. The molecule has 1 saturated heterocycles. The number of alkyl halides is 1. The van der Waals surface area contributed by atoms with Gasteiger partial charge in [0.25, 0.3) is 0 Å². The van der Waals surface area contributed by atoms with E-state index in [0.717, 1.165) is 0 Å². The van der Waals surface area contributed by atoms with Gasteiger partial charge in [0, 0.05) is 0 Å². The van der Waals surface area contributed by atoms with Gasteiger partial charge in [0.2, 0.25) is 0 Å². The summed E-state index contributed by atoms with van der Waals surface area (Å²) in [6.07, 6.45) is 0. The number of nitrogens with one attached hydrogen (secondary N) is 2. The van der Waals surface area contributed by atoms with E-state index >= 15 is 0 Å². The number of carbonyl (C=O) groups is 1. The zero-order chi connectivity index (χ0) is 7.56. The van der Waals surface area contributed by atoms with Crippen molar-refractivity contribution in [2.75, 3.05) is 6.61 Å². The molecular formula is C5H9ClN2O2. The molecular weight excluding hydrogens is 156 g/mol. The lowest BCUT2D eigenvalue weighted by molar-refractivity contribution is -0.148. The molecule has 0 saturated carbocycles. The first-order chi connectivity index (χ1) is 4.75. The van der Waals surface area contributed by atoms with Crippen molar-refractivity contribution >= 4 is 17.6 Å². The lowest BCUT2D eigenvalue weighted by atomic mass is 10.2. The summed E-state index contributed by atoms with van der Waals surface area (Å²) in [5.41, 5.74) is 4.90. The second-order valence-electron chi connectivity index (χ2n) is 1.92. The normalized spacial score (nSPS) is 31.0. The molecule has 0 spiro atoms. The fourth-order valence-electron chi connectivity index (χ4n) is 0.640.